The normalized spacial score (nSPS) is 10.1. The molecule has 0 aliphatic carbocycles. The van der Waals surface area contributed by atoms with Gasteiger partial charge in [-0.15, -0.1) is 0 Å². The molecule has 12 heavy (non-hydrogen) atoms. The van der Waals surface area contributed by atoms with Crippen LogP contribution in [0.5, 0.6) is 0 Å². The predicted molar refractivity (Wildman–Crippen MR) is 50.8 cm³/mol. The summed E-state index contributed by atoms with van der Waals surface area (Å²) >= 11 is 0. The van der Waals surface area contributed by atoms with Crippen LogP contribution in [0.1, 0.15) is 26.2 Å². The summed E-state index contributed by atoms with van der Waals surface area (Å²) in [6.45, 7) is 7.05. The van der Waals surface area contributed by atoms with Gasteiger partial charge in [-0.2, -0.15) is 0 Å². The molecular formula is C10H18O2. The molecule has 0 heterocycles. The van der Waals surface area contributed by atoms with Gasteiger partial charge in [-0.05, 0) is 19.3 Å². The minimum Gasteiger partial charge on any atom is -0.502 e. The van der Waals surface area contributed by atoms with Crippen molar-refractivity contribution in [2.24, 2.45) is 0 Å². The number of hydrogen-bond acceptors (Lipinski definition) is 2. The maximum atomic E-state index is 5.19. The lowest BCUT2D eigenvalue weighted by Gasteiger charge is -2.00. The topological polar surface area (TPSA) is 18.5 Å². The molecule has 0 aromatic rings. The highest BCUT2D eigenvalue weighted by atomic mass is 16.5. The molecule has 70 valence electrons. The fraction of sp³-hybridized carbons (Fsp3) is 0.600. The van der Waals surface area contributed by atoms with E-state index >= 15 is 0 Å². The predicted octanol–water partition coefficient (Wildman–Crippen LogP) is 2.87. The first-order valence-corrected chi connectivity index (χ1v) is 4.41. The molecule has 0 saturated carbocycles. The van der Waals surface area contributed by atoms with E-state index in [0.29, 0.717) is 0 Å². The molecule has 2 nitrogen and oxygen atoms in total. The third kappa shape index (κ3) is 9.08. The van der Waals surface area contributed by atoms with Crippen LogP contribution in [0.3, 0.4) is 0 Å². The van der Waals surface area contributed by atoms with Crippen molar-refractivity contribution in [3.05, 3.63) is 25.2 Å². The van der Waals surface area contributed by atoms with Crippen molar-refractivity contribution in [1.82, 2.24) is 0 Å². The van der Waals surface area contributed by atoms with E-state index in [1.807, 2.05) is 6.08 Å². The van der Waals surface area contributed by atoms with E-state index in [1.54, 1.807) is 6.26 Å². The Morgan fingerprint density at radius 2 is 1.83 bits per heavy atom. The first-order chi connectivity index (χ1) is 5.91. The van der Waals surface area contributed by atoms with Gasteiger partial charge in [0.1, 0.15) is 0 Å². The number of allylic oxidation sites excluding steroid dienone is 1. The summed E-state index contributed by atoms with van der Waals surface area (Å²) in [7, 11) is 0. The maximum absolute atomic E-state index is 5.19. The molecule has 0 unspecified atom stereocenters. The summed E-state index contributed by atoms with van der Waals surface area (Å²) in [6, 6.07) is 0. The Bertz CT molecular complexity index is 119. The van der Waals surface area contributed by atoms with Gasteiger partial charge >= 0.3 is 0 Å². The first kappa shape index (κ1) is 11.1. The lowest BCUT2D eigenvalue weighted by atomic mass is 10.3. The Morgan fingerprint density at radius 1 is 1.17 bits per heavy atom. The molecule has 0 fully saturated rings. The molecule has 0 aromatic carbocycles. The van der Waals surface area contributed by atoms with Crippen LogP contribution in [0.25, 0.3) is 0 Å². The van der Waals surface area contributed by atoms with Crippen LogP contribution in [0.2, 0.25) is 0 Å². The van der Waals surface area contributed by atoms with E-state index in [4.69, 9.17) is 9.47 Å². The number of rotatable bonds is 8. The molecule has 0 aromatic heterocycles. The van der Waals surface area contributed by atoms with Crippen molar-refractivity contribution in [2.45, 2.75) is 26.2 Å². The molecule has 0 rings (SSSR count). The molecule has 0 amide bonds. The average Bonchev–Trinajstić information content (AvgIpc) is 2.10. The van der Waals surface area contributed by atoms with Crippen molar-refractivity contribution >= 4 is 0 Å². The summed E-state index contributed by atoms with van der Waals surface area (Å²) in [5, 5.41) is 0. The van der Waals surface area contributed by atoms with E-state index in [2.05, 4.69) is 13.5 Å². The standard InChI is InChI=1S/C10H18O2/c1-3-5-8-12-10-7-6-9-11-4-2/h4-5,8H,2-3,6-7,9-10H2,1H3/b8-5+. The van der Waals surface area contributed by atoms with Gasteiger partial charge in [0, 0.05) is 0 Å². The number of hydrogen-bond donors (Lipinski definition) is 0. The molecule has 2 heteroatoms. The Labute approximate surface area is 74.9 Å². The second kappa shape index (κ2) is 10.1. The minimum atomic E-state index is 0.740. The SMILES string of the molecule is C=COCCCCO/C=C/CC. The smallest absolute Gasteiger partial charge is 0.0874 e. The van der Waals surface area contributed by atoms with E-state index in [9.17, 15) is 0 Å². The van der Waals surface area contributed by atoms with Crippen LogP contribution in [0, 0.1) is 0 Å². The summed E-state index contributed by atoms with van der Waals surface area (Å²) in [4.78, 5) is 0. The third-order valence-corrected chi connectivity index (χ3v) is 1.32. The third-order valence-electron chi connectivity index (χ3n) is 1.32. The van der Waals surface area contributed by atoms with E-state index in [-0.39, 0.29) is 0 Å². The fourth-order valence-electron chi connectivity index (χ4n) is 0.686. The lowest BCUT2D eigenvalue weighted by Crippen LogP contribution is -1.92. The molecule has 0 saturated heterocycles. The van der Waals surface area contributed by atoms with Gasteiger partial charge in [-0.1, -0.05) is 19.6 Å². The largest absolute Gasteiger partial charge is 0.502 e. The highest BCUT2D eigenvalue weighted by Crippen LogP contribution is 1.92. The Morgan fingerprint density at radius 3 is 2.42 bits per heavy atom. The van der Waals surface area contributed by atoms with Crippen molar-refractivity contribution in [3.63, 3.8) is 0 Å². The van der Waals surface area contributed by atoms with Crippen molar-refractivity contribution < 1.29 is 9.47 Å². The quantitative estimate of drug-likeness (QED) is 0.412. The summed E-state index contributed by atoms with van der Waals surface area (Å²) < 4.78 is 10.1. The van der Waals surface area contributed by atoms with Crippen LogP contribution < -0.4 is 0 Å². The van der Waals surface area contributed by atoms with Crippen LogP contribution in [0.15, 0.2) is 25.2 Å². The summed E-state index contributed by atoms with van der Waals surface area (Å²) in [5.41, 5.74) is 0. The monoisotopic (exact) mass is 170 g/mol. The zero-order valence-electron chi connectivity index (χ0n) is 7.79. The van der Waals surface area contributed by atoms with Gasteiger partial charge in [0.25, 0.3) is 0 Å². The van der Waals surface area contributed by atoms with E-state index < -0.39 is 0 Å². The lowest BCUT2D eigenvalue weighted by molar-refractivity contribution is 0.205. The van der Waals surface area contributed by atoms with Gasteiger partial charge in [-0.3, -0.25) is 0 Å². The average molecular weight is 170 g/mol. The molecule has 0 aliphatic heterocycles. The molecule has 0 aliphatic rings. The Hall–Kier alpha value is -0.920. The Balaban J connectivity index is 2.90. The minimum absolute atomic E-state index is 0.740. The Kier molecular flexibility index (Phi) is 9.31. The molecule has 0 atom stereocenters. The van der Waals surface area contributed by atoms with Crippen LogP contribution >= 0.6 is 0 Å². The van der Waals surface area contributed by atoms with Gasteiger partial charge in [0.2, 0.25) is 0 Å². The fourth-order valence-corrected chi connectivity index (χ4v) is 0.686. The zero-order valence-corrected chi connectivity index (χ0v) is 7.79. The highest BCUT2D eigenvalue weighted by Gasteiger charge is 1.86. The maximum Gasteiger partial charge on any atom is 0.0874 e. The van der Waals surface area contributed by atoms with Crippen LogP contribution in [0.4, 0.5) is 0 Å². The van der Waals surface area contributed by atoms with Crippen molar-refractivity contribution in [1.29, 1.82) is 0 Å². The first-order valence-electron chi connectivity index (χ1n) is 4.41. The van der Waals surface area contributed by atoms with Gasteiger partial charge < -0.3 is 9.47 Å². The molecule has 0 bridgehead atoms. The van der Waals surface area contributed by atoms with E-state index in [0.717, 1.165) is 32.5 Å². The zero-order chi connectivity index (χ0) is 9.07. The van der Waals surface area contributed by atoms with Gasteiger partial charge in [0.05, 0.1) is 25.7 Å². The van der Waals surface area contributed by atoms with Crippen LogP contribution in [-0.4, -0.2) is 13.2 Å². The van der Waals surface area contributed by atoms with E-state index in [1.165, 1.54) is 6.26 Å². The molecule has 0 radical (unpaired) electrons. The highest BCUT2D eigenvalue weighted by molar-refractivity contribution is 4.70. The molecular weight excluding hydrogens is 152 g/mol. The second-order valence-electron chi connectivity index (χ2n) is 2.40. The second-order valence-corrected chi connectivity index (χ2v) is 2.40. The van der Waals surface area contributed by atoms with Gasteiger partial charge in [-0.25, -0.2) is 0 Å². The van der Waals surface area contributed by atoms with Crippen molar-refractivity contribution in [2.75, 3.05) is 13.2 Å². The van der Waals surface area contributed by atoms with Gasteiger partial charge in [0.15, 0.2) is 0 Å². The summed E-state index contributed by atoms with van der Waals surface area (Å²) in [6.07, 6.45) is 8.31. The van der Waals surface area contributed by atoms with Crippen LogP contribution in [-0.2, 0) is 9.47 Å². The molecule has 0 N–H and O–H groups in total. The van der Waals surface area contributed by atoms with Crippen molar-refractivity contribution in [3.8, 4) is 0 Å². The molecule has 0 spiro atoms. The number of ether oxygens (including phenoxy) is 2. The summed E-state index contributed by atoms with van der Waals surface area (Å²) in [5.74, 6) is 0. The number of unbranched alkanes of at least 4 members (excludes halogenated alkanes) is 1.